The van der Waals surface area contributed by atoms with Gasteiger partial charge in [0.15, 0.2) is 0 Å². The minimum Gasteiger partial charge on any atom is -0.337 e. The number of carbonyl (C=O) groups is 2. The van der Waals surface area contributed by atoms with Crippen molar-refractivity contribution in [3.05, 3.63) is 12.0 Å². The third kappa shape index (κ3) is 7.94. The lowest BCUT2D eigenvalue weighted by molar-refractivity contribution is -0.119. The first-order valence-corrected chi connectivity index (χ1v) is 5.65. The molecule has 14 heavy (non-hydrogen) atoms. The Labute approximate surface area is 92.5 Å². The molecule has 0 fully saturated rings. The zero-order valence-corrected chi connectivity index (χ0v) is 9.29. The number of halogens is 1. The van der Waals surface area contributed by atoms with Crippen LogP contribution < -0.4 is 10.6 Å². The third-order valence-electron chi connectivity index (χ3n) is 1.20. The standard InChI is InChI=1S/C8H13ClN2O2S/c1-2-14-6-5-10-8(13)11-7(12)3-4-9/h2H,1,3-6H2,(H2,10,11,12,13). The maximum atomic E-state index is 11.0. The van der Waals surface area contributed by atoms with Crippen LogP contribution in [0.15, 0.2) is 12.0 Å². The van der Waals surface area contributed by atoms with Gasteiger partial charge in [-0.2, -0.15) is 0 Å². The predicted octanol–water partition coefficient (Wildman–Crippen LogP) is 1.32. The van der Waals surface area contributed by atoms with Crippen LogP contribution in [0, 0.1) is 0 Å². The topological polar surface area (TPSA) is 58.2 Å². The number of nitrogens with one attached hydrogen (secondary N) is 2. The maximum Gasteiger partial charge on any atom is 0.321 e. The molecule has 0 aliphatic rings. The zero-order chi connectivity index (χ0) is 10.8. The van der Waals surface area contributed by atoms with Crippen molar-refractivity contribution in [2.75, 3.05) is 18.2 Å². The van der Waals surface area contributed by atoms with Crippen LogP contribution in [0.2, 0.25) is 0 Å². The third-order valence-corrected chi connectivity index (χ3v) is 2.06. The number of thioether (sulfide) groups is 1. The average molecular weight is 237 g/mol. The van der Waals surface area contributed by atoms with E-state index in [1.165, 1.54) is 11.8 Å². The number of urea groups is 1. The summed E-state index contributed by atoms with van der Waals surface area (Å²) < 4.78 is 0. The Kier molecular flexibility index (Phi) is 8.47. The van der Waals surface area contributed by atoms with Crippen LogP contribution >= 0.6 is 23.4 Å². The van der Waals surface area contributed by atoms with Gasteiger partial charge in [0.05, 0.1) is 0 Å². The molecule has 0 aromatic heterocycles. The van der Waals surface area contributed by atoms with Crippen LogP contribution in [0.4, 0.5) is 4.79 Å². The summed E-state index contributed by atoms with van der Waals surface area (Å²) in [6.07, 6.45) is 0.149. The fourth-order valence-corrected chi connectivity index (χ4v) is 1.18. The number of rotatable bonds is 6. The Morgan fingerprint density at radius 2 is 2.21 bits per heavy atom. The summed E-state index contributed by atoms with van der Waals surface area (Å²) in [5.74, 6) is 0.584. The molecular weight excluding hydrogens is 224 g/mol. The number of hydrogen-bond acceptors (Lipinski definition) is 3. The monoisotopic (exact) mass is 236 g/mol. The summed E-state index contributed by atoms with van der Waals surface area (Å²) in [5.41, 5.74) is 0. The minimum absolute atomic E-state index is 0.149. The number of imide groups is 1. The van der Waals surface area contributed by atoms with Gasteiger partial charge >= 0.3 is 6.03 Å². The van der Waals surface area contributed by atoms with E-state index in [1.54, 1.807) is 5.41 Å². The van der Waals surface area contributed by atoms with E-state index in [0.717, 1.165) is 5.75 Å². The van der Waals surface area contributed by atoms with E-state index < -0.39 is 6.03 Å². The van der Waals surface area contributed by atoms with Gasteiger partial charge in [-0.3, -0.25) is 10.1 Å². The predicted molar refractivity (Wildman–Crippen MR) is 59.5 cm³/mol. The second-order valence-electron chi connectivity index (χ2n) is 2.28. The Morgan fingerprint density at radius 3 is 2.79 bits per heavy atom. The van der Waals surface area contributed by atoms with E-state index in [-0.39, 0.29) is 18.2 Å². The molecule has 0 spiro atoms. The highest BCUT2D eigenvalue weighted by Gasteiger charge is 2.04. The summed E-state index contributed by atoms with van der Waals surface area (Å²) in [5, 5.41) is 6.37. The highest BCUT2D eigenvalue weighted by Crippen LogP contribution is 1.96. The Bertz CT molecular complexity index is 212. The largest absolute Gasteiger partial charge is 0.337 e. The fraction of sp³-hybridized carbons (Fsp3) is 0.500. The number of amides is 3. The lowest BCUT2D eigenvalue weighted by Crippen LogP contribution is -2.40. The van der Waals surface area contributed by atoms with Crippen LogP contribution in [0.1, 0.15) is 6.42 Å². The summed E-state index contributed by atoms with van der Waals surface area (Å²) >= 11 is 6.81. The Morgan fingerprint density at radius 1 is 1.50 bits per heavy atom. The van der Waals surface area contributed by atoms with E-state index in [0.29, 0.717) is 6.54 Å². The van der Waals surface area contributed by atoms with Crippen molar-refractivity contribution < 1.29 is 9.59 Å². The molecule has 0 rings (SSSR count). The zero-order valence-electron chi connectivity index (χ0n) is 7.72. The first kappa shape index (κ1) is 13.3. The summed E-state index contributed by atoms with van der Waals surface area (Å²) in [6.45, 7) is 4.01. The molecule has 0 saturated carbocycles. The lowest BCUT2D eigenvalue weighted by Gasteiger charge is -2.04. The van der Waals surface area contributed by atoms with Crippen molar-refractivity contribution in [3.63, 3.8) is 0 Å². The van der Waals surface area contributed by atoms with Crippen LogP contribution in [0.3, 0.4) is 0 Å². The van der Waals surface area contributed by atoms with Crippen LogP contribution in [-0.2, 0) is 4.79 Å². The van der Waals surface area contributed by atoms with Crippen molar-refractivity contribution in [2.45, 2.75) is 6.42 Å². The van der Waals surface area contributed by atoms with Gasteiger partial charge in [0.1, 0.15) is 0 Å². The Balaban J connectivity index is 3.45. The second-order valence-corrected chi connectivity index (χ2v) is 3.73. The molecule has 0 aliphatic heterocycles. The van der Waals surface area contributed by atoms with E-state index in [1.807, 2.05) is 0 Å². The molecule has 4 nitrogen and oxygen atoms in total. The van der Waals surface area contributed by atoms with Gasteiger partial charge in [0.2, 0.25) is 5.91 Å². The number of carbonyl (C=O) groups excluding carboxylic acids is 2. The molecule has 2 N–H and O–H groups in total. The van der Waals surface area contributed by atoms with Gasteiger partial charge in [-0.25, -0.2) is 4.79 Å². The van der Waals surface area contributed by atoms with Crippen LogP contribution in [-0.4, -0.2) is 30.1 Å². The maximum absolute atomic E-state index is 11.0. The molecule has 0 aromatic rings. The van der Waals surface area contributed by atoms with E-state index in [9.17, 15) is 9.59 Å². The molecule has 0 radical (unpaired) electrons. The van der Waals surface area contributed by atoms with Gasteiger partial charge in [-0.05, 0) is 5.41 Å². The molecule has 0 unspecified atom stereocenters. The average Bonchev–Trinajstić information content (AvgIpc) is 2.13. The van der Waals surface area contributed by atoms with Crippen molar-refractivity contribution in [3.8, 4) is 0 Å². The Hall–Kier alpha value is -0.680. The minimum atomic E-state index is -0.482. The summed E-state index contributed by atoms with van der Waals surface area (Å²) in [6, 6.07) is -0.482. The second kappa shape index (κ2) is 8.90. The van der Waals surface area contributed by atoms with Crippen molar-refractivity contribution in [1.82, 2.24) is 10.6 Å². The van der Waals surface area contributed by atoms with Crippen molar-refractivity contribution >= 4 is 35.3 Å². The van der Waals surface area contributed by atoms with Gasteiger partial charge in [-0.15, -0.1) is 23.4 Å². The molecule has 6 heteroatoms. The van der Waals surface area contributed by atoms with Crippen LogP contribution in [0.5, 0.6) is 0 Å². The molecule has 0 aromatic carbocycles. The van der Waals surface area contributed by atoms with Gasteiger partial charge in [0.25, 0.3) is 0 Å². The molecule has 0 aliphatic carbocycles. The lowest BCUT2D eigenvalue weighted by atomic mass is 10.4. The summed E-state index contributed by atoms with van der Waals surface area (Å²) in [7, 11) is 0. The summed E-state index contributed by atoms with van der Waals surface area (Å²) in [4.78, 5) is 21.8. The highest BCUT2D eigenvalue weighted by molar-refractivity contribution is 8.02. The first-order valence-electron chi connectivity index (χ1n) is 4.07. The van der Waals surface area contributed by atoms with Crippen LogP contribution in [0.25, 0.3) is 0 Å². The van der Waals surface area contributed by atoms with E-state index >= 15 is 0 Å². The molecule has 0 heterocycles. The quantitative estimate of drug-likeness (QED) is 0.540. The van der Waals surface area contributed by atoms with Crippen molar-refractivity contribution in [2.24, 2.45) is 0 Å². The molecule has 3 amide bonds. The molecule has 0 bridgehead atoms. The van der Waals surface area contributed by atoms with Gasteiger partial charge in [-0.1, -0.05) is 6.58 Å². The smallest absolute Gasteiger partial charge is 0.321 e. The van der Waals surface area contributed by atoms with E-state index in [4.69, 9.17) is 11.6 Å². The van der Waals surface area contributed by atoms with Gasteiger partial charge in [0, 0.05) is 24.6 Å². The normalized spacial score (nSPS) is 9.21. The molecule has 80 valence electrons. The highest BCUT2D eigenvalue weighted by atomic mass is 35.5. The molecule has 0 atom stereocenters. The van der Waals surface area contributed by atoms with E-state index in [2.05, 4.69) is 17.2 Å². The molecular formula is C8H13ClN2O2S. The SMILES string of the molecule is C=CSCCNC(=O)NC(=O)CCCl. The number of alkyl halides is 1. The molecule has 0 saturated heterocycles. The first-order chi connectivity index (χ1) is 6.70. The fourth-order valence-electron chi connectivity index (χ4n) is 0.626. The van der Waals surface area contributed by atoms with Gasteiger partial charge < -0.3 is 5.32 Å². The van der Waals surface area contributed by atoms with Crippen molar-refractivity contribution in [1.29, 1.82) is 0 Å². The number of hydrogen-bond donors (Lipinski definition) is 2.